The molecular formula is C14H19ClN2O5S. The normalized spacial score (nSPS) is 14.0. The molecule has 0 aliphatic heterocycles. The van der Waals surface area contributed by atoms with Crippen molar-refractivity contribution < 1.29 is 23.1 Å². The van der Waals surface area contributed by atoms with E-state index in [1.807, 2.05) is 0 Å². The summed E-state index contributed by atoms with van der Waals surface area (Å²) in [7, 11) is -3.85. The van der Waals surface area contributed by atoms with Crippen molar-refractivity contribution in [2.24, 2.45) is 0 Å². The highest BCUT2D eigenvalue weighted by Crippen LogP contribution is 2.14. The van der Waals surface area contributed by atoms with Crippen molar-refractivity contribution in [3.05, 3.63) is 29.3 Å². The van der Waals surface area contributed by atoms with Crippen LogP contribution in [0.2, 0.25) is 5.02 Å². The van der Waals surface area contributed by atoms with Gasteiger partial charge in [-0.2, -0.15) is 4.72 Å². The van der Waals surface area contributed by atoms with Gasteiger partial charge < -0.3 is 10.4 Å². The average molecular weight is 363 g/mol. The lowest BCUT2D eigenvalue weighted by molar-refractivity contribution is -0.137. The zero-order valence-electron chi connectivity index (χ0n) is 12.7. The smallest absolute Gasteiger partial charge is 0.303 e. The molecule has 2 unspecified atom stereocenters. The first-order chi connectivity index (χ1) is 10.6. The lowest BCUT2D eigenvalue weighted by Gasteiger charge is -2.18. The minimum atomic E-state index is -3.85. The maximum absolute atomic E-state index is 12.1. The molecule has 0 saturated heterocycles. The minimum Gasteiger partial charge on any atom is -0.481 e. The third-order valence-corrected chi connectivity index (χ3v) is 4.84. The molecule has 0 aliphatic rings. The van der Waals surface area contributed by atoms with Gasteiger partial charge in [0.1, 0.15) is 0 Å². The van der Waals surface area contributed by atoms with Crippen molar-refractivity contribution in [2.75, 3.05) is 0 Å². The molecule has 0 heterocycles. The van der Waals surface area contributed by atoms with Gasteiger partial charge in [-0.3, -0.25) is 9.59 Å². The second-order valence-corrected chi connectivity index (χ2v) is 7.29. The predicted molar refractivity (Wildman–Crippen MR) is 85.7 cm³/mol. The van der Waals surface area contributed by atoms with E-state index >= 15 is 0 Å². The Kier molecular flexibility index (Phi) is 6.99. The fourth-order valence-corrected chi connectivity index (χ4v) is 3.08. The molecule has 1 amide bonds. The summed E-state index contributed by atoms with van der Waals surface area (Å²) in [5.41, 5.74) is 0. The number of aliphatic carboxylic acids is 1. The van der Waals surface area contributed by atoms with Crippen LogP contribution in [0.3, 0.4) is 0 Å². The van der Waals surface area contributed by atoms with Crippen LogP contribution in [-0.2, 0) is 19.6 Å². The Morgan fingerprint density at radius 3 is 2.30 bits per heavy atom. The number of benzene rings is 1. The summed E-state index contributed by atoms with van der Waals surface area (Å²) in [5, 5.41) is 11.6. The third kappa shape index (κ3) is 6.55. The Labute approximate surface area is 140 Å². The Bertz CT molecular complexity index is 660. The van der Waals surface area contributed by atoms with Crippen LogP contribution in [0.1, 0.15) is 26.7 Å². The lowest BCUT2D eigenvalue weighted by atomic mass is 10.2. The highest BCUT2D eigenvalue weighted by Gasteiger charge is 2.23. The first-order valence-corrected chi connectivity index (χ1v) is 8.78. The molecule has 3 N–H and O–H groups in total. The van der Waals surface area contributed by atoms with Gasteiger partial charge in [0, 0.05) is 17.5 Å². The SMILES string of the molecule is CC(CCC(=O)O)NC(=O)C(C)NS(=O)(=O)c1ccc(Cl)cc1. The number of carbonyl (C=O) groups is 2. The van der Waals surface area contributed by atoms with Crippen LogP contribution in [0.25, 0.3) is 0 Å². The first-order valence-electron chi connectivity index (χ1n) is 6.92. The number of carboxylic acid groups (broad SMARTS) is 1. The molecule has 128 valence electrons. The average Bonchev–Trinajstić information content (AvgIpc) is 2.45. The molecule has 7 nitrogen and oxygen atoms in total. The van der Waals surface area contributed by atoms with Gasteiger partial charge in [-0.05, 0) is 44.5 Å². The number of amides is 1. The van der Waals surface area contributed by atoms with E-state index in [1.54, 1.807) is 6.92 Å². The fraction of sp³-hybridized carbons (Fsp3) is 0.429. The van der Waals surface area contributed by atoms with E-state index in [1.165, 1.54) is 31.2 Å². The molecule has 0 bridgehead atoms. The van der Waals surface area contributed by atoms with Gasteiger partial charge in [0.25, 0.3) is 0 Å². The van der Waals surface area contributed by atoms with E-state index in [0.717, 1.165) is 0 Å². The molecule has 0 fully saturated rings. The number of hydrogen-bond donors (Lipinski definition) is 3. The molecule has 1 rings (SSSR count). The Morgan fingerprint density at radius 1 is 1.22 bits per heavy atom. The number of halogens is 1. The van der Waals surface area contributed by atoms with Crippen molar-refractivity contribution in [3.8, 4) is 0 Å². The predicted octanol–water partition coefficient (Wildman–Crippen LogP) is 1.38. The molecular weight excluding hydrogens is 344 g/mol. The quantitative estimate of drug-likeness (QED) is 0.646. The van der Waals surface area contributed by atoms with Gasteiger partial charge in [-0.1, -0.05) is 11.6 Å². The van der Waals surface area contributed by atoms with Crippen LogP contribution in [0.5, 0.6) is 0 Å². The van der Waals surface area contributed by atoms with Crippen LogP contribution in [0, 0.1) is 0 Å². The highest BCUT2D eigenvalue weighted by atomic mass is 35.5. The van der Waals surface area contributed by atoms with Crippen molar-refractivity contribution in [1.29, 1.82) is 0 Å². The molecule has 0 aromatic heterocycles. The van der Waals surface area contributed by atoms with Crippen LogP contribution < -0.4 is 10.0 Å². The van der Waals surface area contributed by atoms with E-state index in [-0.39, 0.29) is 23.8 Å². The molecule has 1 aromatic carbocycles. The fourth-order valence-electron chi connectivity index (χ4n) is 1.75. The standard InChI is InChI=1S/C14H19ClN2O5S/c1-9(3-8-13(18)19)16-14(20)10(2)17-23(21,22)12-6-4-11(15)5-7-12/h4-7,9-10,17H,3,8H2,1-2H3,(H,16,20)(H,18,19). The second kappa shape index (κ2) is 8.28. The van der Waals surface area contributed by atoms with E-state index < -0.39 is 27.9 Å². The van der Waals surface area contributed by atoms with Crippen LogP contribution in [0.4, 0.5) is 0 Å². The Morgan fingerprint density at radius 2 is 1.78 bits per heavy atom. The topological polar surface area (TPSA) is 113 Å². The van der Waals surface area contributed by atoms with Crippen LogP contribution in [-0.4, -0.2) is 37.5 Å². The van der Waals surface area contributed by atoms with Crippen molar-refractivity contribution in [3.63, 3.8) is 0 Å². The summed E-state index contributed by atoms with van der Waals surface area (Å²) >= 11 is 5.71. The van der Waals surface area contributed by atoms with Gasteiger partial charge in [-0.25, -0.2) is 8.42 Å². The molecule has 2 atom stereocenters. The number of carbonyl (C=O) groups excluding carboxylic acids is 1. The zero-order valence-corrected chi connectivity index (χ0v) is 14.3. The number of hydrogen-bond acceptors (Lipinski definition) is 4. The summed E-state index contributed by atoms with van der Waals surface area (Å²) < 4.78 is 26.6. The summed E-state index contributed by atoms with van der Waals surface area (Å²) in [5.74, 6) is -1.48. The minimum absolute atomic E-state index is 0.000440. The van der Waals surface area contributed by atoms with Crippen LogP contribution in [0.15, 0.2) is 29.2 Å². The molecule has 0 spiro atoms. The highest BCUT2D eigenvalue weighted by molar-refractivity contribution is 7.89. The number of nitrogens with one attached hydrogen (secondary N) is 2. The second-order valence-electron chi connectivity index (χ2n) is 5.14. The van der Waals surface area contributed by atoms with E-state index in [9.17, 15) is 18.0 Å². The summed E-state index contributed by atoms with van der Waals surface area (Å²) in [6.45, 7) is 3.06. The van der Waals surface area contributed by atoms with Crippen molar-refractivity contribution >= 4 is 33.5 Å². The van der Waals surface area contributed by atoms with Gasteiger partial charge in [0.15, 0.2) is 0 Å². The molecule has 1 aromatic rings. The Hall–Kier alpha value is -1.64. The maximum Gasteiger partial charge on any atom is 0.303 e. The van der Waals surface area contributed by atoms with Gasteiger partial charge in [-0.15, -0.1) is 0 Å². The molecule has 0 saturated carbocycles. The molecule has 0 radical (unpaired) electrons. The van der Waals surface area contributed by atoms with Gasteiger partial charge >= 0.3 is 5.97 Å². The molecule has 0 aliphatic carbocycles. The van der Waals surface area contributed by atoms with E-state index in [2.05, 4.69) is 10.0 Å². The summed E-state index contributed by atoms with van der Waals surface area (Å²) in [4.78, 5) is 22.4. The maximum atomic E-state index is 12.1. The largest absolute Gasteiger partial charge is 0.481 e. The molecule has 9 heteroatoms. The Balaban J connectivity index is 2.63. The van der Waals surface area contributed by atoms with Crippen LogP contribution >= 0.6 is 11.6 Å². The monoisotopic (exact) mass is 362 g/mol. The summed E-state index contributed by atoms with van der Waals surface area (Å²) in [6, 6.07) is 4.18. The van der Waals surface area contributed by atoms with Crippen molar-refractivity contribution in [1.82, 2.24) is 10.0 Å². The van der Waals surface area contributed by atoms with E-state index in [4.69, 9.17) is 16.7 Å². The number of carboxylic acids is 1. The molecule has 23 heavy (non-hydrogen) atoms. The number of rotatable bonds is 8. The van der Waals surface area contributed by atoms with Gasteiger partial charge in [0.2, 0.25) is 15.9 Å². The third-order valence-electron chi connectivity index (χ3n) is 3.03. The van der Waals surface area contributed by atoms with Gasteiger partial charge in [0.05, 0.1) is 10.9 Å². The van der Waals surface area contributed by atoms with Crippen molar-refractivity contribution in [2.45, 2.75) is 43.7 Å². The summed E-state index contributed by atoms with van der Waals surface area (Å²) in [6.07, 6.45) is 0.185. The zero-order chi connectivity index (χ0) is 17.6. The first kappa shape index (κ1) is 19.4. The lowest BCUT2D eigenvalue weighted by Crippen LogP contribution is -2.47. The number of sulfonamides is 1. The van der Waals surface area contributed by atoms with E-state index in [0.29, 0.717) is 5.02 Å².